The van der Waals surface area contributed by atoms with Gasteiger partial charge in [-0.1, -0.05) is 29.8 Å². The highest BCUT2D eigenvalue weighted by molar-refractivity contribution is 5.99. The van der Waals surface area contributed by atoms with Gasteiger partial charge >= 0.3 is 0 Å². The zero-order chi connectivity index (χ0) is 13.7. The number of nitriles is 1. The lowest BCUT2D eigenvalue weighted by atomic mass is 10.0. The molecular weight excluding hydrogens is 224 g/mol. The number of hydrogen-bond acceptors (Lipinski definition) is 3. The summed E-state index contributed by atoms with van der Waals surface area (Å²) in [4.78, 5) is 14.2. The second-order valence-electron chi connectivity index (χ2n) is 4.78. The lowest BCUT2D eigenvalue weighted by Gasteiger charge is -2.28. The van der Waals surface area contributed by atoms with Gasteiger partial charge in [0.1, 0.15) is 0 Å². The van der Waals surface area contributed by atoms with Crippen molar-refractivity contribution in [2.45, 2.75) is 39.3 Å². The topological polar surface area (TPSA) is 44.1 Å². The maximum Gasteiger partial charge on any atom is 0.179 e. The van der Waals surface area contributed by atoms with Crippen molar-refractivity contribution in [2.24, 2.45) is 0 Å². The molecule has 0 spiro atoms. The highest BCUT2D eigenvalue weighted by Gasteiger charge is 2.22. The summed E-state index contributed by atoms with van der Waals surface area (Å²) in [5.74, 6) is 0.0993. The minimum absolute atomic E-state index is 0.0828. The van der Waals surface area contributed by atoms with Gasteiger partial charge in [-0.25, -0.2) is 0 Å². The number of aryl methyl sites for hydroxylation is 1. The molecule has 1 aromatic rings. The van der Waals surface area contributed by atoms with E-state index in [1.165, 1.54) is 0 Å². The minimum Gasteiger partial charge on any atom is -0.293 e. The third-order valence-corrected chi connectivity index (χ3v) is 3.41. The van der Waals surface area contributed by atoms with Gasteiger partial charge in [-0.3, -0.25) is 9.69 Å². The monoisotopic (exact) mass is 244 g/mol. The van der Waals surface area contributed by atoms with E-state index < -0.39 is 0 Å². The van der Waals surface area contributed by atoms with Crippen LogP contribution < -0.4 is 0 Å². The number of carbonyl (C=O) groups excluding carboxylic acids is 1. The van der Waals surface area contributed by atoms with Gasteiger partial charge < -0.3 is 0 Å². The standard InChI is InChI=1S/C15H20N2O/c1-11-5-7-14(8-6-11)15(18)13(3)17(4)12(2)9-10-16/h5-8,12-13H,9H2,1-4H3. The fraction of sp³-hybridized carbons (Fsp3) is 0.467. The molecule has 0 heterocycles. The molecule has 0 fully saturated rings. The van der Waals surface area contributed by atoms with Crippen LogP contribution >= 0.6 is 0 Å². The lowest BCUT2D eigenvalue weighted by molar-refractivity contribution is 0.0828. The third-order valence-electron chi connectivity index (χ3n) is 3.41. The van der Waals surface area contributed by atoms with Gasteiger partial charge in [-0.15, -0.1) is 0 Å². The fourth-order valence-corrected chi connectivity index (χ4v) is 1.80. The molecular formula is C15H20N2O. The Morgan fingerprint density at radius 2 is 1.89 bits per heavy atom. The van der Waals surface area contributed by atoms with Gasteiger partial charge in [0.2, 0.25) is 0 Å². The van der Waals surface area contributed by atoms with Gasteiger partial charge in [-0.05, 0) is 27.8 Å². The van der Waals surface area contributed by atoms with Crippen LogP contribution in [0.25, 0.3) is 0 Å². The van der Waals surface area contributed by atoms with E-state index in [0.717, 1.165) is 11.1 Å². The molecule has 0 aliphatic carbocycles. The van der Waals surface area contributed by atoms with E-state index in [9.17, 15) is 4.79 Å². The summed E-state index contributed by atoms with van der Waals surface area (Å²) in [6, 6.07) is 9.61. The summed E-state index contributed by atoms with van der Waals surface area (Å²) in [7, 11) is 1.89. The molecule has 0 N–H and O–H groups in total. The molecule has 0 amide bonds. The zero-order valence-electron chi connectivity index (χ0n) is 11.5. The van der Waals surface area contributed by atoms with E-state index in [0.29, 0.717) is 6.42 Å². The molecule has 0 saturated heterocycles. The first-order valence-electron chi connectivity index (χ1n) is 6.17. The Morgan fingerprint density at radius 3 is 2.39 bits per heavy atom. The molecule has 1 aromatic carbocycles. The molecule has 0 aliphatic heterocycles. The van der Waals surface area contributed by atoms with E-state index in [-0.39, 0.29) is 17.9 Å². The van der Waals surface area contributed by atoms with Crippen LogP contribution in [-0.4, -0.2) is 29.8 Å². The summed E-state index contributed by atoms with van der Waals surface area (Å²) in [6.07, 6.45) is 0.433. The first kappa shape index (κ1) is 14.4. The van der Waals surface area contributed by atoms with Crippen molar-refractivity contribution >= 4 is 5.78 Å². The predicted octanol–water partition coefficient (Wildman–Crippen LogP) is 2.80. The van der Waals surface area contributed by atoms with Crippen molar-refractivity contribution in [1.29, 1.82) is 5.26 Å². The largest absolute Gasteiger partial charge is 0.293 e. The Balaban J connectivity index is 2.78. The highest BCUT2D eigenvalue weighted by atomic mass is 16.1. The van der Waals surface area contributed by atoms with Crippen LogP contribution in [0.2, 0.25) is 0 Å². The summed E-state index contributed by atoms with van der Waals surface area (Å²) < 4.78 is 0. The number of nitrogens with zero attached hydrogens (tertiary/aromatic N) is 2. The average Bonchev–Trinajstić information content (AvgIpc) is 2.37. The Bertz CT molecular complexity index is 445. The Kier molecular flexibility index (Phi) is 5.06. The molecule has 1 rings (SSSR count). The van der Waals surface area contributed by atoms with Crippen LogP contribution in [0.4, 0.5) is 0 Å². The van der Waals surface area contributed by atoms with E-state index in [2.05, 4.69) is 6.07 Å². The molecule has 0 radical (unpaired) electrons. The maximum atomic E-state index is 12.3. The van der Waals surface area contributed by atoms with Gasteiger partial charge in [0.25, 0.3) is 0 Å². The number of Topliss-reactive ketones (excluding diaryl/α,β-unsaturated/α-hetero) is 1. The first-order chi connectivity index (χ1) is 8.47. The third kappa shape index (κ3) is 3.41. The SMILES string of the molecule is Cc1ccc(C(=O)C(C)N(C)C(C)CC#N)cc1. The second kappa shape index (κ2) is 6.32. The number of likely N-dealkylation sites (N-methyl/N-ethyl adjacent to an activating group) is 1. The fourth-order valence-electron chi connectivity index (χ4n) is 1.80. The van der Waals surface area contributed by atoms with Gasteiger partial charge in [-0.2, -0.15) is 5.26 Å². The van der Waals surface area contributed by atoms with Gasteiger partial charge in [0, 0.05) is 11.6 Å². The molecule has 18 heavy (non-hydrogen) atoms. The van der Waals surface area contributed by atoms with Crippen LogP contribution in [0.1, 0.15) is 36.2 Å². The van der Waals surface area contributed by atoms with Crippen molar-refractivity contribution in [1.82, 2.24) is 4.90 Å². The van der Waals surface area contributed by atoms with Crippen LogP contribution in [0.3, 0.4) is 0 Å². The molecule has 3 nitrogen and oxygen atoms in total. The lowest BCUT2D eigenvalue weighted by Crippen LogP contribution is -2.41. The number of carbonyl (C=O) groups is 1. The van der Waals surface area contributed by atoms with Crippen molar-refractivity contribution in [3.05, 3.63) is 35.4 Å². The van der Waals surface area contributed by atoms with E-state index in [1.807, 2.05) is 57.0 Å². The molecule has 2 unspecified atom stereocenters. The van der Waals surface area contributed by atoms with Crippen molar-refractivity contribution in [3.63, 3.8) is 0 Å². The normalized spacial score (nSPS) is 14.0. The quantitative estimate of drug-likeness (QED) is 0.748. The first-order valence-corrected chi connectivity index (χ1v) is 6.17. The molecule has 96 valence electrons. The summed E-state index contributed by atoms with van der Waals surface area (Å²) in [6.45, 7) is 5.84. The molecule has 0 bridgehead atoms. The number of rotatable bonds is 5. The summed E-state index contributed by atoms with van der Waals surface area (Å²) >= 11 is 0. The number of ketones is 1. The number of hydrogen-bond donors (Lipinski definition) is 0. The van der Waals surface area contributed by atoms with Crippen molar-refractivity contribution in [3.8, 4) is 6.07 Å². The van der Waals surface area contributed by atoms with Gasteiger partial charge in [0.05, 0.1) is 18.5 Å². The maximum absolute atomic E-state index is 12.3. The highest BCUT2D eigenvalue weighted by Crippen LogP contribution is 2.12. The van der Waals surface area contributed by atoms with Gasteiger partial charge in [0.15, 0.2) is 5.78 Å². The molecule has 3 heteroatoms. The van der Waals surface area contributed by atoms with Crippen molar-refractivity contribution in [2.75, 3.05) is 7.05 Å². The van der Waals surface area contributed by atoms with E-state index >= 15 is 0 Å². The summed E-state index contributed by atoms with van der Waals surface area (Å²) in [5, 5.41) is 8.69. The molecule has 0 saturated carbocycles. The Morgan fingerprint density at radius 1 is 1.33 bits per heavy atom. The summed E-state index contributed by atoms with van der Waals surface area (Å²) in [5.41, 5.74) is 1.87. The Hall–Kier alpha value is -1.66. The average molecular weight is 244 g/mol. The van der Waals surface area contributed by atoms with Crippen molar-refractivity contribution < 1.29 is 4.79 Å². The predicted molar refractivity (Wildman–Crippen MR) is 72.4 cm³/mol. The van der Waals surface area contributed by atoms with E-state index in [1.54, 1.807) is 0 Å². The van der Waals surface area contributed by atoms with Crippen LogP contribution in [0.15, 0.2) is 24.3 Å². The molecule has 2 atom stereocenters. The Labute approximate surface area is 109 Å². The zero-order valence-corrected chi connectivity index (χ0v) is 11.5. The van der Waals surface area contributed by atoms with Crippen LogP contribution in [-0.2, 0) is 0 Å². The number of benzene rings is 1. The van der Waals surface area contributed by atoms with E-state index in [4.69, 9.17) is 5.26 Å². The molecule has 0 aromatic heterocycles. The minimum atomic E-state index is -0.212. The molecule has 0 aliphatic rings. The van der Waals surface area contributed by atoms with Crippen LogP contribution in [0.5, 0.6) is 0 Å². The second-order valence-corrected chi connectivity index (χ2v) is 4.78. The van der Waals surface area contributed by atoms with Crippen LogP contribution in [0, 0.1) is 18.3 Å². The smallest absolute Gasteiger partial charge is 0.179 e.